The van der Waals surface area contributed by atoms with E-state index in [-0.39, 0.29) is 18.7 Å². The molecular weight excluding hydrogens is 364 g/mol. The first-order valence-electron chi connectivity index (χ1n) is 8.96. The van der Waals surface area contributed by atoms with Crippen molar-refractivity contribution in [2.45, 2.75) is 24.9 Å². The Kier molecular flexibility index (Phi) is 3.66. The molecule has 1 aliphatic heterocycles. The molecule has 3 atom stereocenters. The molecule has 5 rings (SSSR count). The van der Waals surface area contributed by atoms with Crippen molar-refractivity contribution in [3.8, 4) is 0 Å². The van der Waals surface area contributed by atoms with E-state index in [2.05, 4.69) is 4.98 Å². The molecule has 1 saturated heterocycles. The highest BCUT2D eigenvalue weighted by atomic mass is 16.5. The molecule has 0 bridgehead atoms. The molecule has 144 valence electrons. The van der Waals surface area contributed by atoms with Gasteiger partial charge in [0.1, 0.15) is 12.3 Å². The molecule has 9 heteroatoms. The summed E-state index contributed by atoms with van der Waals surface area (Å²) in [5.41, 5.74) is 0.779. The van der Waals surface area contributed by atoms with Crippen molar-refractivity contribution in [3.05, 3.63) is 57.5 Å². The Balaban J connectivity index is 1.84. The molecule has 0 aliphatic carbocycles. The summed E-state index contributed by atoms with van der Waals surface area (Å²) in [4.78, 5) is 29.6. The fourth-order valence-corrected chi connectivity index (χ4v) is 3.97. The minimum atomic E-state index is -0.860. The Morgan fingerprint density at radius 2 is 2.04 bits per heavy atom. The maximum absolute atomic E-state index is 12.8. The van der Waals surface area contributed by atoms with Crippen LogP contribution < -0.4 is 11.4 Å². The van der Waals surface area contributed by atoms with Crippen LogP contribution in [0.4, 0.5) is 0 Å². The Labute approximate surface area is 157 Å². The summed E-state index contributed by atoms with van der Waals surface area (Å²) >= 11 is 0. The lowest BCUT2D eigenvalue weighted by Gasteiger charge is -2.17. The van der Waals surface area contributed by atoms with Crippen molar-refractivity contribution in [1.82, 2.24) is 18.5 Å². The van der Waals surface area contributed by atoms with Gasteiger partial charge in [-0.1, -0.05) is 18.2 Å². The lowest BCUT2D eigenvalue weighted by molar-refractivity contribution is -0.0460. The second-order valence-electron chi connectivity index (χ2n) is 7.05. The van der Waals surface area contributed by atoms with Gasteiger partial charge >= 0.3 is 11.4 Å². The van der Waals surface area contributed by atoms with Gasteiger partial charge in [-0.25, -0.2) is 9.59 Å². The van der Waals surface area contributed by atoms with Crippen LogP contribution in [-0.4, -0.2) is 47.5 Å². The van der Waals surface area contributed by atoms with E-state index in [1.165, 1.54) is 13.5 Å². The lowest BCUT2D eigenvalue weighted by atomic mass is 10.2. The molecule has 0 radical (unpaired) electrons. The number of benzene rings is 1. The monoisotopic (exact) mass is 382 g/mol. The first-order valence-corrected chi connectivity index (χ1v) is 8.96. The molecule has 4 aromatic rings. The first kappa shape index (κ1) is 17.1. The Morgan fingerprint density at radius 1 is 1.25 bits per heavy atom. The van der Waals surface area contributed by atoms with Crippen molar-refractivity contribution < 1.29 is 14.9 Å². The van der Waals surface area contributed by atoms with Gasteiger partial charge in [0, 0.05) is 25.1 Å². The van der Waals surface area contributed by atoms with E-state index in [1.807, 2.05) is 30.3 Å². The van der Waals surface area contributed by atoms with Crippen molar-refractivity contribution in [3.63, 3.8) is 0 Å². The highest BCUT2D eigenvalue weighted by Crippen LogP contribution is 2.29. The summed E-state index contributed by atoms with van der Waals surface area (Å²) in [6.07, 6.45) is -0.526. The fourth-order valence-electron chi connectivity index (χ4n) is 3.97. The number of hydrogen-bond acceptors (Lipinski definition) is 6. The molecule has 1 aliphatic rings. The van der Waals surface area contributed by atoms with Gasteiger partial charge in [0.05, 0.1) is 29.1 Å². The topological polar surface area (TPSA) is 111 Å². The van der Waals surface area contributed by atoms with Crippen molar-refractivity contribution in [2.24, 2.45) is 7.05 Å². The first-order chi connectivity index (χ1) is 13.5. The number of aliphatic hydroxyl groups excluding tert-OH is 2. The van der Waals surface area contributed by atoms with Crippen LogP contribution in [0.5, 0.6) is 0 Å². The molecule has 1 fully saturated rings. The third kappa shape index (κ3) is 2.27. The van der Waals surface area contributed by atoms with E-state index < -0.39 is 29.8 Å². The number of para-hydroxylation sites is 1. The van der Waals surface area contributed by atoms with Gasteiger partial charge in [-0.15, -0.1) is 0 Å². The van der Waals surface area contributed by atoms with Gasteiger partial charge in [0.2, 0.25) is 0 Å². The zero-order chi connectivity index (χ0) is 19.6. The SMILES string of the molecule is Cn1c(=O)n([C@H]2C[C@H](O)[C@@H](CO)O2)cc2c1nc(=O)n1c3ccccc3cc21. The maximum atomic E-state index is 12.8. The summed E-state index contributed by atoms with van der Waals surface area (Å²) < 4.78 is 9.85. The van der Waals surface area contributed by atoms with Crippen molar-refractivity contribution >= 4 is 27.5 Å². The number of fused-ring (bicyclic) bond motifs is 5. The summed E-state index contributed by atoms with van der Waals surface area (Å²) in [6.45, 7) is -0.332. The summed E-state index contributed by atoms with van der Waals surface area (Å²) in [7, 11) is 1.54. The summed E-state index contributed by atoms with van der Waals surface area (Å²) in [5, 5.41) is 20.9. The summed E-state index contributed by atoms with van der Waals surface area (Å²) in [6, 6.07) is 9.38. The van der Waals surface area contributed by atoms with Gasteiger partial charge in [0.15, 0.2) is 5.65 Å². The Morgan fingerprint density at radius 3 is 2.79 bits per heavy atom. The second-order valence-corrected chi connectivity index (χ2v) is 7.05. The number of aromatic nitrogens is 4. The zero-order valence-corrected chi connectivity index (χ0v) is 15.0. The largest absolute Gasteiger partial charge is 0.394 e. The quantitative estimate of drug-likeness (QED) is 0.510. The van der Waals surface area contributed by atoms with Crippen LogP contribution in [0.15, 0.2) is 46.1 Å². The third-order valence-corrected chi connectivity index (χ3v) is 5.41. The normalized spacial score (nSPS) is 22.6. The molecule has 0 amide bonds. The minimum Gasteiger partial charge on any atom is -0.394 e. The molecule has 2 N–H and O–H groups in total. The van der Waals surface area contributed by atoms with Gasteiger partial charge in [-0.3, -0.25) is 13.5 Å². The number of hydrogen-bond donors (Lipinski definition) is 2. The van der Waals surface area contributed by atoms with Crippen LogP contribution >= 0.6 is 0 Å². The van der Waals surface area contributed by atoms with Crippen molar-refractivity contribution in [2.75, 3.05) is 6.61 Å². The Hall–Kier alpha value is -3.01. The number of aliphatic hydroxyl groups is 2. The fraction of sp³-hybridized carbons (Fsp3) is 0.316. The van der Waals surface area contributed by atoms with Crippen LogP contribution in [0, 0.1) is 0 Å². The van der Waals surface area contributed by atoms with E-state index in [0.717, 1.165) is 10.9 Å². The number of nitrogens with zero attached hydrogens (tertiary/aromatic N) is 4. The third-order valence-electron chi connectivity index (χ3n) is 5.41. The highest BCUT2D eigenvalue weighted by molar-refractivity contribution is 5.99. The minimum absolute atomic E-state index is 0.184. The molecular formula is C19H18N4O5. The van der Waals surface area contributed by atoms with Crippen LogP contribution in [-0.2, 0) is 11.8 Å². The average Bonchev–Trinajstić information content (AvgIpc) is 3.26. The zero-order valence-electron chi connectivity index (χ0n) is 15.0. The molecule has 1 aromatic carbocycles. The molecule has 0 saturated carbocycles. The Bertz CT molecular complexity index is 1350. The molecule has 4 heterocycles. The predicted octanol–water partition coefficient (Wildman–Crippen LogP) is 0.142. The molecule has 3 aromatic heterocycles. The van der Waals surface area contributed by atoms with Crippen LogP contribution in [0.2, 0.25) is 0 Å². The van der Waals surface area contributed by atoms with Gasteiger partial charge in [-0.05, 0) is 12.1 Å². The van der Waals surface area contributed by atoms with Gasteiger partial charge in [-0.2, -0.15) is 4.98 Å². The number of aryl methyl sites for hydroxylation is 1. The standard InChI is InChI=1S/C19H18N4O5/c1-21-17-11(8-22(19(21)27)16-7-14(25)15(9-24)28-16)13-6-10-4-2-3-5-12(10)23(13)18(26)20-17/h2-6,8,14-16,24-25H,7,9H2,1H3/t14-,15+,16+/m0/s1. The van der Waals surface area contributed by atoms with E-state index >= 15 is 0 Å². The molecule has 28 heavy (non-hydrogen) atoms. The van der Waals surface area contributed by atoms with E-state index in [4.69, 9.17) is 4.74 Å². The van der Waals surface area contributed by atoms with E-state index in [1.54, 1.807) is 13.2 Å². The van der Waals surface area contributed by atoms with E-state index in [9.17, 15) is 19.8 Å². The van der Waals surface area contributed by atoms with Crippen LogP contribution in [0.25, 0.3) is 27.5 Å². The van der Waals surface area contributed by atoms with Gasteiger partial charge < -0.3 is 14.9 Å². The average molecular weight is 382 g/mol. The maximum Gasteiger partial charge on any atom is 0.354 e. The number of ether oxygens (including phenoxy) is 1. The van der Waals surface area contributed by atoms with Crippen molar-refractivity contribution in [1.29, 1.82) is 0 Å². The predicted molar refractivity (Wildman–Crippen MR) is 101 cm³/mol. The molecule has 0 unspecified atom stereocenters. The molecule has 9 nitrogen and oxygen atoms in total. The second kappa shape index (κ2) is 5.99. The number of rotatable bonds is 2. The van der Waals surface area contributed by atoms with E-state index in [0.29, 0.717) is 10.9 Å². The van der Waals surface area contributed by atoms with Crippen LogP contribution in [0.3, 0.4) is 0 Å². The summed E-state index contributed by atoms with van der Waals surface area (Å²) in [5.74, 6) is 0. The van der Waals surface area contributed by atoms with Gasteiger partial charge in [0.25, 0.3) is 0 Å². The molecule has 0 spiro atoms. The smallest absolute Gasteiger partial charge is 0.354 e. The van der Waals surface area contributed by atoms with Crippen LogP contribution in [0.1, 0.15) is 12.6 Å². The lowest BCUT2D eigenvalue weighted by Crippen LogP contribution is -2.33. The highest BCUT2D eigenvalue weighted by Gasteiger charge is 2.35.